The summed E-state index contributed by atoms with van der Waals surface area (Å²) in [5.41, 5.74) is 6.95. The van der Waals surface area contributed by atoms with Crippen molar-refractivity contribution in [2.24, 2.45) is 0 Å². The van der Waals surface area contributed by atoms with E-state index in [1.165, 1.54) is 23.4 Å². The van der Waals surface area contributed by atoms with E-state index in [-0.39, 0.29) is 0 Å². The normalized spacial score (nSPS) is 17.4. The summed E-state index contributed by atoms with van der Waals surface area (Å²) in [6, 6.07) is 2.26. The van der Waals surface area contributed by atoms with Crippen LogP contribution in [-0.4, -0.2) is 31.6 Å². The molecular formula is C20H22N4OS2. The molecule has 140 valence electrons. The van der Waals surface area contributed by atoms with Gasteiger partial charge in [-0.25, -0.2) is 9.97 Å². The van der Waals surface area contributed by atoms with Gasteiger partial charge in [-0.3, -0.25) is 4.40 Å². The van der Waals surface area contributed by atoms with Gasteiger partial charge in [0.15, 0.2) is 4.96 Å². The second kappa shape index (κ2) is 6.58. The molecule has 5 rings (SSSR count). The first-order chi connectivity index (χ1) is 13.1. The number of hydrogen-bond donors (Lipinski definition) is 0. The van der Waals surface area contributed by atoms with Gasteiger partial charge in [-0.05, 0) is 39.7 Å². The number of thiazole rings is 2. The molecule has 1 aliphatic heterocycles. The van der Waals surface area contributed by atoms with Crippen molar-refractivity contribution < 1.29 is 4.74 Å². The summed E-state index contributed by atoms with van der Waals surface area (Å²) in [4.78, 5) is 10.7. The van der Waals surface area contributed by atoms with Crippen LogP contribution in [0.3, 0.4) is 0 Å². The maximum absolute atomic E-state index is 5.84. The van der Waals surface area contributed by atoms with Crippen molar-refractivity contribution in [1.82, 2.24) is 18.9 Å². The summed E-state index contributed by atoms with van der Waals surface area (Å²) in [6.07, 6.45) is 4.75. The Morgan fingerprint density at radius 2 is 2.11 bits per heavy atom. The Hall–Kier alpha value is -1.96. The first kappa shape index (κ1) is 17.2. The molecule has 0 saturated carbocycles. The fourth-order valence-electron chi connectivity index (χ4n) is 3.99. The molecular weight excluding hydrogens is 376 g/mol. The van der Waals surface area contributed by atoms with Crippen LogP contribution in [-0.2, 0) is 11.3 Å². The second-order valence-electron chi connectivity index (χ2n) is 7.17. The molecule has 0 N–H and O–H groups in total. The van der Waals surface area contributed by atoms with Gasteiger partial charge in [-0.1, -0.05) is 0 Å². The van der Waals surface area contributed by atoms with Crippen molar-refractivity contribution in [3.05, 3.63) is 40.1 Å². The van der Waals surface area contributed by atoms with Gasteiger partial charge < -0.3 is 9.30 Å². The molecule has 4 aromatic rings. The van der Waals surface area contributed by atoms with Gasteiger partial charge >= 0.3 is 0 Å². The highest BCUT2D eigenvalue weighted by Gasteiger charge is 2.21. The van der Waals surface area contributed by atoms with E-state index in [1.807, 2.05) is 0 Å². The van der Waals surface area contributed by atoms with Gasteiger partial charge in [0.25, 0.3) is 0 Å². The Balaban J connectivity index is 1.51. The van der Waals surface area contributed by atoms with Crippen LogP contribution >= 0.6 is 22.7 Å². The van der Waals surface area contributed by atoms with Gasteiger partial charge in [0.1, 0.15) is 10.7 Å². The van der Waals surface area contributed by atoms with Crippen LogP contribution in [0.15, 0.2) is 23.0 Å². The topological polar surface area (TPSA) is 44.4 Å². The SMILES string of the molecule is Cc1nc2sccn2c1-c1nc(-c2cc(C)n(CC3CCCO3)c2C)cs1. The lowest BCUT2D eigenvalue weighted by Crippen LogP contribution is -2.16. The van der Waals surface area contributed by atoms with Crippen LogP contribution in [0.5, 0.6) is 0 Å². The molecule has 1 aliphatic rings. The number of nitrogens with zero attached hydrogens (tertiary/aromatic N) is 4. The lowest BCUT2D eigenvalue weighted by atomic mass is 10.2. The van der Waals surface area contributed by atoms with E-state index in [9.17, 15) is 0 Å². The number of hydrogen-bond acceptors (Lipinski definition) is 5. The number of ether oxygens (including phenoxy) is 1. The molecule has 1 atom stereocenters. The summed E-state index contributed by atoms with van der Waals surface area (Å²) >= 11 is 3.35. The predicted octanol–water partition coefficient (Wildman–Crippen LogP) is 5.09. The highest BCUT2D eigenvalue weighted by Crippen LogP contribution is 2.34. The molecule has 0 bridgehead atoms. The van der Waals surface area contributed by atoms with Crippen molar-refractivity contribution in [3.8, 4) is 22.0 Å². The summed E-state index contributed by atoms with van der Waals surface area (Å²) in [6.45, 7) is 8.26. The van der Waals surface area contributed by atoms with E-state index in [1.54, 1.807) is 22.7 Å². The number of fused-ring (bicyclic) bond motifs is 1. The van der Waals surface area contributed by atoms with E-state index >= 15 is 0 Å². The van der Waals surface area contributed by atoms with E-state index in [4.69, 9.17) is 9.72 Å². The number of rotatable bonds is 4. The van der Waals surface area contributed by atoms with Gasteiger partial charge in [-0.2, -0.15) is 0 Å². The number of imidazole rings is 1. The molecule has 5 nitrogen and oxygen atoms in total. The third-order valence-corrected chi connectivity index (χ3v) is 7.01. The highest BCUT2D eigenvalue weighted by molar-refractivity contribution is 7.15. The minimum absolute atomic E-state index is 0.343. The molecule has 27 heavy (non-hydrogen) atoms. The first-order valence-corrected chi connectivity index (χ1v) is 11.0. The highest BCUT2D eigenvalue weighted by atomic mass is 32.1. The van der Waals surface area contributed by atoms with Gasteiger partial charge in [0.05, 0.1) is 17.5 Å². The molecule has 4 aromatic heterocycles. The fraction of sp³-hybridized carbons (Fsp3) is 0.400. The predicted molar refractivity (Wildman–Crippen MR) is 111 cm³/mol. The Morgan fingerprint density at radius 1 is 1.22 bits per heavy atom. The lowest BCUT2D eigenvalue weighted by Gasteiger charge is -2.14. The summed E-state index contributed by atoms with van der Waals surface area (Å²) in [5, 5.41) is 5.26. The van der Waals surface area contributed by atoms with Crippen LogP contribution in [0.4, 0.5) is 0 Å². The average Bonchev–Trinajstić information content (AvgIpc) is 3.42. The van der Waals surface area contributed by atoms with Gasteiger partial charge in [0.2, 0.25) is 0 Å². The maximum atomic E-state index is 5.84. The van der Waals surface area contributed by atoms with Gasteiger partial charge in [-0.15, -0.1) is 22.7 Å². The third kappa shape index (κ3) is 2.85. The minimum atomic E-state index is 0.343. The maximum Gasteiger partial charge on any atom is 0.194 e. The number of aromatic nitrogens is 4. The quantitative estimate of drug-likeness (QED) is 0.481. The summed E-state index contributed by atoms with van der Waals surface area (Å²) < 4.78 is 10.4. The molecule has 7 heteroatoms. The molecule has 0 radical (unpaired) electrons. The van der Waals surface area contributed by atoms with Crippen LogP contribution in [0.1, 0.15) is 29.9 Å². The smallest absolute Gasteiger partial charge is 0.194 e. The molecule has 0 spiro atoms. The van der Waals surface area contributed by atoms with E-state index < -0.39 is 0 Å². The van der Waals surface area contributed by atoms with Crippen molar-refractivity contribution in [1.29, 1.82) is 0 Å². The molecule has 0 aromatic carbocycles. The molecule has 0 amide bonds. The molecule has 1 saturated heterocycles. The molecule has 1 fully saturated rings. The van der Waals surface area contributed by atoms with E-state index in [0.29, 0.717) is 6.10 Å². The van der Waals surface area contributed by atoms with Crippen molar-refractivity contribution in [2.45, 2.75) is 46.3 Å². The Labute approximate surface area is 166 Å². The van der Waals surface area contributed by atoms with Crippen LogP contribution < -0.4 is 0 Å². The lowest BCUT2D eigenvalue weighted by molar-refractivity contribution is 0.0962. The molecule has 1 unspecified atom stereocenters. The van der Waals surface area contributed by atoms with Crippen molar-refractivity contribution in [3.63, 3.8) is 0 Å². The molecule has 5 heterocycles. The monoisotopic (exact) mass is 398 g/mol. The third-order valence-electron chi connectivity index (χ3n) is 5.40. The number of aryl methyl sites for hydroxylation is 2. The minimum Gasteiger partial charge on any atom is -0.376 e. The van der Waals surface area contributed by atoms with Crippen molar-refractivity contribution >= 4 is 27.6 Å². The van der Waals surface area contributed by atoms with E-state index in [2.05, 4.69) is 57.7 Å². The van der Waals surface area contributed by atoms with E-state index in [0.717, 1.165) is 46.6 Å². The largest absolute Gasteiger partial charge is 0.376 e. The zero-order valence-corrected chi connectivity index (χ0v) is 17.4. The Bertz CT molecular complexity index is 1110. The van der Waals surface area contributed by atoms with Gasteiger partial charge in [0, 0.05) is 47.1 Å². The second-order valence-corrected chi connectivity index (χ2v) is 8.90. The van der Waals surface area contributed by atoms with Crippen LogP contribution in [0.25, 0.3) is 26.9 Å². The summed E-state index contributed by atoms with van der Waals surface area (Å²) in [7, 11) is 0. The van der Waals surface area contributed by atoms with Crippen LogP contribution in [0, 0.1) is 20.8 Å². The zero-order valence-electron chi connectivity index (χ0n) is 15.7. The average molecular weight is 399 g/mol. The van der Waals surface area contributed by atoms with Crippen molar-refractivity contribution in [2.75, 3.05) is 6.61 Å². The molecule has 0 aliphatic carbocycles. The first-order valence-electron chi connectivity index (χ1n) is 9.28. The Morgan fingerprint density at radius 3 is 2.93 bits per heavy atom. The summed E-state index contributed by atoms with van der Waals surface area (Å²) in [5.74, 6) is 0. The zero-order chi connectivity index (χ0) is 18.5. The standard InChI is InChI=1S/C20H22N4OS2/c1-12-9-16(14(3)24(12)10-15-5-4-7-25-15)17-11-27-19(22-17)18-13(2)21-20-23(18)6-8-26-20/h6,8-9,11,15H,4-5,7,10H2,1-3H3. The Kier molecular flexibility index (Phi) is 4.18. The van der Waals surface area contributed by atoms with Crippen LogP contribution in [0.2, 0.25) is 0 Å². The fourth-order valence-corrected chi connectivity index (χ4v) is 5.66.